The maximum atomic E-state index is 8.84. The van der Waals surface area contributed by atoms with Gasteiger partial charge in [-0.05, 0) is 24.6 Å². The summed E-state index contributed by atoms with van der Waals surface area (Å²) in [4.78, 5) is 0. The highest BCUT2D eigenvalue weighted by Crippen LogP contribution is 2.25. The second-order valence-electron chi connectivity index (χ2n) is 4.61. The van der Waals surface area contributed by atoms with Crippen LogP contribution in [0, 0.1) is 0 Å². The van der Waals surface area contributed by atoms with Crippen molar-refractivity contribution in [3.05, 3.63) is 51.8 Å². The Morgan fingerprint density at radius 3 is 2.85 bits per heavy atom. The zero-order chi connectivity index (χ0) is 14.5. The molecule has 2 rings (SSSR count). The van der Waals surface area contributed by atoms with Gasteiger partial charge in [0.15, 0.2) is 0 Å². The molecular weight excluding hydrogens is 297 g/mol. The van der Waals surface area contributed by atoms with E-state index in [9.17, 15) is 0 Å². The van der Waals surface area contributed by atoms with Crippen LogP contribution in [0.2, 0.25) is 10.0 Å². The average Bonchev–Trinajstić information content (AvgIpc) is 2.87. The first kappa shape index (κ1) is 15.3. The average molecular weight is 314 g/mol. The minimum absolute atomic E-state index is 0.0915. The van der Waals surface area contributed by atoms with Crippen molar-refractivity contribution in [3.8, 4) is 0 Å². The quantitative estimate of drug-likeness (QED) is 0.862. The van der Waals surface area contributed by atoms with Crippen LogP contribution in [0.15, 0.2) is 30.6 Å². The summed E-state index contributed by atoms with van der Waals surface area (Å²) in [5.74, 6) is 0. The van der Waals surface area contributed by atoms with Crippen molar-refractivity contribution in [1.29, 1.82) is 0 Å². The van der Waals surface area contributed by atoms with Gasteiger partial charge in [0.2, 0.25) is 0 Å². The Morgan fingerprint density at radius 1 is 1.35 bits per heavy atom. The molecule has 2 N–H and O–H groups in total. The number of benzene rings is 1. The summed E-state index contributed by atoms with van der Waals surface area (Å²) in [5, 5.41) is 17.5. The van der Waals surface area contributed by atoms with Crippen molar-refractivity contribution in [1.82, 2.24) is 15.1 Å². The topological polar surface area (TPSA) is 50.1 Å². The number of aromatic nitrogens is 2. The SMILES string of the molecule is CC(NCc1cnn(CCO)c1)c1ccc(Cl)c(Cl)c1. The summed E-state index contributed by atoms with van der Waals surface area (Å²) in [5.41, 5.74) is 2.16. The molecule has 1 aromatic heterocycles. The number of hydrogen-bond acceptors (Lipinski definition) is 3. The number of nitrogens with zero attached hydrogens (tertiary/aromatic N) is 2. The van der Waals surface area contributed by atoms with Gasteiger partial charge in [-0.2, -0.15) is 5.10 Å². The molecule has 2 aromatic rings. The third-order valence-corrected chi connectivity index (χ3v) is 3.81. The molecule has 1 aromatic carbocycles. The van der Waals surface area contributed by atoms with E-state index in [1.807, 2.05) is 18.3 Å². The lowest BCUT2D eigenvalue weighted by molar-refractivity contribution is 0.269. The summed E-state index contributed by atoms with van der Waals surface area (Å²) in [6.45, 7) is 3.38. The van der Waals surface area contributed by atoms with Gasteiger partial charge in [-0.15, -0.1) is 0 Å². The van der Waals surface area contributed by atoms with E-state index in [-0.39, 0.29) is 12.6 Å². The zero-order valence-electron chi connectivity index (χ0n) is 11.2. The minimum atomic E-state index is 0.0915. The molecule has 4 nitrogen and oxygen atoms in total. The first-order chi connectivity index (χ1) is 9.60. The third kappa shape index (κ3) is 3.96. The number of nitrogens with one attached hydrogen (secondary N) is 1. The van der Waals surface area contributed by atoms with Crippen molar-refractivity contribution in [2.24, 2.45) is 0 Å². The lowest BCUT2D eigenvalue weighted by atomic mass is 10.1. The molecular formula is C14H17Cl2N3O. The van der Waals surface area contributed by atoms with E-state index in [4.69, 9.17) is 28.3 Å². The summed E-state index contributed by atoms with van der Waals surface area (Å²) in [6.07, 6.45) is 3.72. The number of halogens is 2. The monoisotopic (exact) mass is 313 g/mol. The van der Waals surface area contributed by atoms with Gasteiger partial charge in [-0.25, -0.2) is 0 Å². The lowest BCUT2D eigenvalue weighted by Crippen LogP contribution is -2.17. The molecule has 0 aliphatic carbocycles. The standard InChI is InChI=1S/C14H17Cl2N3O/c1-10(12-2-3-13(15)14(16)6-12)17-7-11-8-18-19(9-11)4-5-20/h2-3,6,8-10,17,20H,4-5,7H2,1H3. The van der Waals surface area contributed by atoms with Crippen molar-refractivity contribution in [2.45, 2.75) is 26.1 Å². The van der Waals surface area contributed by atoms with E-state index in [2.05, 4.69) is 17.3 Å². The van der Waals surface area contributed by atoms with Gasteiger partial charge >= 0.3 is 0 Å². The van der Waals surface area contributed by atoms with E-state index in [0.717, 1.165) is 11.1 Å². The highest BCUT2D eigenvalue weighted by atomic mass is 35.5. The van der Waals surface area contributed by atoms with E-state index in [0.29, 0.717) is 23.1 Å². The van der Waals surface area contributed by atoms with Crippen LogP contribution in [0.25, 0.3) is 0 Å². The van der Waals surface area contributed by atoms with Gasteiger partial charge in [-0.1, -0.05) is 29.3 Å². The first-order valence-corrected chi connectivity index (χ1v) is 7.16. The minimum Gasteiger partial charge on any atom is -0.394 e. The van der Waals surface area contributed by atoms with Crippen LogP contribution in [-0.4, -0.2) is 21.5 Å². The van der Waals surface area contributed by atoms with Crippen LogP contribution >= 0.6 is 23.2 Å². The van der Waals surface area contributed by atoms with Crippen LogP contribution in [0.4, 0.5) is 0 Å². The summed E-state index contributed by atoms with van der Waals surface area (Å²) in [7, 11) is 0. The lowest BCUT2D eigenvalue weighted by Gasteiger charge is -2.14. The van der Waals surface area contributed by atoms with Crippen LogP contribution in [0.1, 0.15) is 24.1 Å². The van der Waals surface area contributed by atoms with Crippen LogP contribution in [-0.2, 0) is 13.1 Å². The summed E-state index contributed by atoms with van der Waals surface area (Å²) in [6, 6.07) is 5.79. The van der Waals surface area contributed by atoms with Gasteiger partial charge in [0.05, 0.1) is 29.4 Å². The second-order valence-corrected chi connectivity index (χ2v) is 5.43. The molecule has 0 aliphatic heterocycles. The normalized spacial score (nSPS) is 12.6. The molecule has 0 aliphatic rings. The molecule has 1 heterocycles. The molecule has 20 heavy (non-hydrogen) atoms. The fraction of sp³-hybridized carbons (Fsp3) is 0.357. The van der Waals surface area contributed by atoms with Gasteiger partial charge in [0, 0.05) is 24.3 Å². The number of hydrogen-bond donors (Lipinski definition) is 2. The van der Waals surface area contributed by atoms with Crippen molar-refractivity contribution < 1.29 is 5.11 Å². The van der Waals surface area contributed by atoms with E-state index in [1.165, 1.54) is 0 Å². The van der Waals surface area contributed by atoms with Crippen molar-refractivity contribution >= 4 is 23.2 Å². The van der Waals surface area contributed by atoms with Crippen molar-refractivity contribution in [3.63, 3.8) is 0 Å². The summed E-state index contributed by atoms with van der Waals surface area (Å²) >= 11 is 11.9. The molecule has 108 valence electrons. The Hall–Kier alpha value is -1.07. The maximum absolute atomic E-state index is 8.84. The summed E-state index contributed by atoms with van der Waals surface area (Å²) < 4.78 is 1.72. The fourth-order valence-corrected chi connectivity index (χ4v) is 2.20. The molecule has 0 fully saturated rings. The molecule has 0 spiro atoms. The van der Waals surface area contributed by atoms with E-state index >= 15 is 0 Å². The van der Waals surface area contributed by atoms with Crippen LogP contribution < -0.4 is 5.32 Å². The predicted octanol–water partition coefficient (Wildman–Crippen LogP) is 3.03. The zero-order valence-corrected chi connectivity index (χ0v) is 12.7. The highest BCUT2D eigenvalue weighted by Gasteiger charge is 2.08. The molecule has 1 unspecified atom stereocenters. The Morgan fingerprint density at radius 2 is 2.15 bits per heavy atom. The molecule has 0 radical (unpaired) electrons. The third-order valence-electron chi connectivity index (χ3n) is 3.07. The molecule has 0 saturated carbocycles. The molecule has 0 bridgehead atoms. The Balaban J connectivity index is 1.93. The predicted molar refractivity (Wildman–Crippen MR) is 81.0 cm³/mol. The van der Waals surface area contributed by atoms with Gasteiger partial charge in [-0.3, -0.25) is 4.68 Å². The van der Waals surface area contributed by atoms with Gasteiger partial charge in [0.25, 0.3) is 0 Å². The van der Waals surface area contributed by atoms with E-state index < -0.39 is 0 Å². The molecule has 6 heteroatoms. The molecule has 0 amide bonds. The van der Waals surface area contributed by atoms with Crippen LogP contribution in [0.3, 0.4) is 0 Å². The Kier molecular flexibility index (Phi) is 5.43. The number of rotatable bonds is 6. The van der Waals surface area contributed by atoms with Gasteiger partial charge < -0.3 is 10.4 Å². The number of aliphatic hydroxyl groups excluding tert-OH is 1. The number of aliphatic hydroxyl groups is 1. The van der Waals surface area contributed by atoms with E-state index in [1.54, 1.807) is 16.9 Å². The fourth-order valence-electron chi connectivity index (χ4n) is 1.89. The second kappa shape index (κ2) is 7.09. The molecule has 1 atom stereocenters. The smallest absolute Gasteiger partial charge is 0.0640 e. The Bertz CT molecular complexity index is 571. The highest BCUT2D eigenvalue weighted by molar-refractivity contribution is 6.42. The van der Waals surface area contributed by atoms with Crippen molar-refractivity contribution in [2.75, 3.05) is 6.61 Å². The maximum Gasteiger partial charge on any atom is 0.0640 e. The largest absolute Gasteiger partial charge is 0.394 e. The first-order valence-electron chi connectivity index (χ1n) is 6.40. The Labute approximate surface area is 128 Å². The van der Waals surface area contributed by atoms with Gasteiger partial charge in [0.1, 0.15) is 0 Å². The molecule has 0 saturated heterocycles. The van der Waals surface area contributed by atoms with Crippen LogP contribution in [0.5, 0.6) is 0 Å².